The third-order valence-electron chi connectivity index (χ3n) is 5.03. The predicted octanol–water partition coefficient (Wildman–Crippen LogP) is 0.578. The molecule has 2 amide bonds. The standard InChI is InChI=1S/C19H19N5O4/c1-23-7-5-19(27,18(23)26)11-8-12(10-13(9-11)28-2)24-17-14(4-3-6-21-17)15(22-24)16(20)25/h3-4,6,8-10,27H,5,7H2,1-2H3,(H2,20,25)/t19-/m1/s1. The molecule has 9 nitrogen and oxygen atoms in total. The van der Waals surface area contributed by atoms with Gasteiger partial charge in [-0.2, -0.15) is 5.10 Å². The highest BCUT2D eigenvalue weighted by atomic mass is 16.5. The maximum Gasteiger partial charge on any atom is 0.269 e. The summed E-state index contributed by atoms with van der Waals surface area (Å²) in [5.41, 5.74) is 5.19. The molecule has 3 N–H and O–H groups in total. The minimum Gasteiger partial charge on any atom is -0.497 e. The zero-order chi connectivity index (χ0) is 20.1. The van der Waals surface area contributed by atoms with E-state index in [9.17, 15) is 14.7 Å². The number of pyridine rings is 1. The second-order valence-electron chi connectivity index (χ2n) is 6.76. The molecule has 1 saturated heterocycles. The fourth-order valence-corrected chi connectivity index (χ4v) is 3.50. The molecule has 144 valence electrons. The number of aliphatic hydroxyl groups is 1. The van der Waals surface area contributed by atoms with Crippen molar-refractivity contribution in [2.24, 2.45) is 5.73 Å². The van der Waals surface area contributed by atoms with Crippen LogP contribution in [0.25, 0.3) is 16.7 Å². The Kier molecular flexibility index (Phi) is 4.04. The Morgan fingerprint density at radius 1 is 1.36 bits per heavy atom. The SMILES string of the molecule is COc1cc(-n2nc(C(N)=O)c3cccnc32)cc([C@]2(O)CCN(C)C2=O)c1. The van der Waals surface area contributed by atoms with E-state index in [-0.39, 0.29) is 18.0 Å². The van der Waals surface area contributed by atoms with Gasteiger partial charge in [0.05, 0.1) is 18.2 Å². The van der Waals surface area contributed by atoms with Crippen LogP contribution in [0.4, 0.5) is 0 Å². The highest BCUT2D eigenvalue weighted by molar-refractivity contribution is 6.03. The van der Waals surface area contributed by atoms with Crippen LogP contribution in [-0.4, -0.2) is 57.3 Å². The molecule has 4 rings (SSSR count). The van der Waals surface area contributed by atoms with Gasteiger partial charge in [-0.25, -0.2) is 9.67 Å². The van der Waals surface area contributed by atoms with Crippen LogP contribution in [-0.2, 0) is 10.4 Å². The van der Waals surface area contributed by atoms with Gasteiger partial charge in [-0.15, -0.1) is 0 Å². The molecule has 3 aromatic rings. The van der Waals surface area contributed by atoms with Gasteiger partial charge >= 0.3 is 0 Å². The number of likely N-dealkylation sites (tertiary alicyclic amines) is 1. The first-order chi connectivity index (χ1) is 13.3. The summed E-state index contributed by atoms with van der Waals surface area (Å²) in [6.45, 7) is 0.444. The number of primary amides is 1. The Labute approximate surface area is 160 Å². The number of carbonyl (C=O) groups excluding carboxylic acids is 2. The van der Waals surface area contributed by atoms with E-state index in [1.807, 2.05) is 0 Å². The van der Waals surface area contributed by atoms with Gasteiger partial charge in [0.2, 0.25) is 0 Å². The number of amides is 2. The third kappa shape index (κ3) is 2.59. The van der Waals surface area contributed by atoms with Crippen LogP contribution in [0.3, 0.4) is 0 Å². The van der Waals surface area contributed by atoms with Crippen LogP contribution >= 0.6 is 0 Å². The van der Waals surface area contributed by atoms with E-state index in [1.54, 1.807) is 43.6 Å². The molecule has 1 aromatic carbocycles. The molecule has 1 fully saturated rings. The van der Waals surface area contributed by atoms with Crippen molar-refractivity contribution in [3.8, 4) is 11.4 Å². The summed E-state index contributed by atoms with van der Waals surface area (Å²) in [6, 6.07) is 8.34. The molecule has 9 heteroatoms. The zero-order valence-corrected chi connectivity index (χ0v) is 15.4. The van der Waals surface area contributed by atoms with Gasteiger partial charge in [-0.1, -0.05) is 0 Å². The smallest absolute Gasteiger partial charge is 0.269 e. The van der Waals surface area contributed by atoms with Crippen molar-refractivity contribution in [1.29, 1.82) is 0 Å². The van der Waals surface area contributed by atoms with E-state index in [1.165, 1.54) is 16.7 Å². The van der Waals surface area contributed by atoms with Gasteiger partial charge in [-0.05, 0) is 29.8 Å². The number of hydrogen-bond acceptors (Lipinski definition) is 6. The molecular formula is C19H19N5O4. The number of ether oxygens (including phenoxy) is 1. The number of fused-ring (bicyclic) bond motifs is 1. The molecule has 0 spiro atoms. The summed E-state index contributed by atoms with van der Waals surface area (Å²) in [5, 5.41) is 15.8. The van der Waals surface area contributed by atoms with Gasteiger partial charge in [0, 0.05) is 32.3 Å². The van der Waals surface area contributed by atoms with Gasteiger partial charge < -0.3 is 20.5 Å². The fourth-order valence-electron chi connectivity index (χ4n) is 3.50. The van der Waals surface area contributed by atoms with Crippen molar-refractivity contribution >= 4 is 22.8 Å². The maximum atomic E-state index is 12.5. The Balaban J connectivity index is 1.94. The second-order valence-corrected chi connectivity index (χ2v) is 6.76. The number of carbonyl (C=O) groups is 2. The van der Waals surface area contributed by atoms with E-state index < -0.39 is 11.5 Å². The number of nitrogens with two attached hydrogens (primary N) is 1. The van der Waals surface area contributed by atoms with Gasteiger partial charge in [0.25, 0.3) is 11.8 Å². The lowest BCUT2D eigenvalue weighted by molar-refractivity contribution is -0.143. The lowest BCUT2D eigenvalue weighted by Crippen LogP contribution is -2.36. The Morgan fingerprint density at radius 3 is 2.79 bits per heavy atom. The first kappa shape index (κ1) is 17.9. The van der Waals surface area contributed by atoms with Crippen LogP contribution in [0.1, 0.15) is 22.5 Å². The summed E-state index contributed by atoms with van der Waals surface area (Å²) in [7, 11) is 3.13. The predicted molar refractivity (Wildman–Crippen MR) is 100 cm³/mol. The van der Waals surface area contributed by atoms with E-state index in [0.717, 1.165) is 0 Å². The number of nitrogens with zero attached hydrogens (tertiary/aromatic N) is 4. The Hall–Kier alpha value is -3.46. The Morgan fingerprint density at radius 2 is 2.14 bits per heavy atom. The first-order valence-electron chi connectivity index (χ1n) is 8.66. The summed E-state index contributed by atoms with van der Waals surface area (Å²) in [6.07, 6.45) is 1.84. The normalized spacial score (nSPS) is 19.4. The van der Waals surface area contributed by atoms with E-state index in [2.05, 4.69) is 10.1 Å². The summed E-state index contributed by atoms with van der Waals surface area (Å²) >= 11 is 0. The number of rotatable bonds is 4. The second kappa shape index (κ2) is 6.31. The quantitative estimate of drug-likeness (QED) is 0.681. The van der Waals surface area contributed by atoms with Crippen LogP contribution in [0.5, 0.6) is 5.75 Å². The molecule has 2 aromatic heterocycles. The summed E-state index contributed by atoms with van der Waals surface area (Å²) in [5.74, 6) is -0.623. The molecule has 0 saturated carbocycles. The maximum absolute atomic E-state index is 12.5. The molecule has 1 aliphatic heterocycles. The third-order valence-corrected chi connectivity index (χ3v) is 5.03. The number of benzene rings is 1. The van der Waals surface area contributed by atoms with Crippen molar-refractivity contribution in [3.63, 3.8) is 0 Å². The number of methoxy groups -OCH3 is 1. The molecule has 1 aliphatic rings. The average Bonchev–Trinajstić information content (AvgIpc) is 3.22. The van der Waals surface area contributed by atoms with E-state index in [4.69, 9.17) is 10.5 Å². The average molecular weight is 381 g/mol. The lowest BCUT2D eigenvalue weighted by atomic mass is 9.91. The van der Waals surface area contributed by atoms with Crippen molar-refractivity contribution in [2.75, 3.05) is 20.7 Å². The summed E-state index contributed by atoms with van der Waals surface area (Å²) < 4.78 is 6.81. The first-order valence-corrected chi connectivity index (χ1v) is 8.66. The summed E-state index contributed by atoms with van der Waals surface area (Å²) in [4.78, 5) is 30.1. The molecule has 0 aliphatic carbocycles. The van der Waals surface area contributed by atoms with Crippen LogP contribution in [0, 0.1) is 0 Å². The van der Waals surface area contributed by atoms with E-state index >= 15 is 0 Å². The number of aromatic nitrogens is 3. The minimum atomic E-state index is -1.65. The van der Waals surface area contributed by atoms with Gasteiger partial charge in [0.1, 0.15) is 5.75 Å². The highest BCUT2D eigenvalue weighted by Gasteiger charge is 2.45. The molecule has 28 heavy (non-hydrogen) atoms. The van der Waals surface area contributed by atoms with Gasteiger partial charge in [0.15, 0.2) is 16.9 Å². The van der Waals surface area contributed by atoms with Crippen molar-refractivity contribution in [2.45, 2.75) is 12.0 Å². The molecule has 0 radical (unpaired) electrons. The van der Waals surface area contributed by atoms with E-state index in [0.29, 0.717) is 34.6 Å². The molecule has 0 unspecified atom stereocenters. The zero-order valence-electron chi connectivity index (χ0n) is 15.4. The monoisotopic (exact) mass is 381 g/mol. The van der Waals surface area contributed by atoms with Crippen LogP contribution in [0.15, 0.2) is 36.5 Å². The molecule has 3 heterocycles. The molecule has 1 atom stereocenters. The topological polar surface area (TPSA) is 124 Å². The largest absolute Gasteiger partial charge is 0.497 e. The number of hydrogen-bond donors (Lipinski definition) is 2. The fraction of sp³-hybridized carbons (Fsp3) is 0.263. The lowest BCUT2D eigenvalue weighted by Gasteiger charge is -2.22. The Bertz CT molecular complexity index is 1110. The van der Waals surface area contributed by atoms with Gasteiger partial charge in [-0.3, -0.25) is 9.59 Å². The highest BCUT2D eigenvalue weighted by Crippen LogP contribution is 2.36. The molecular weight excluding hydrogens is 362 g/mol. The van der Waals surface area contributed by atoms with Crippen molar-refractivity contribution in [3.05, 3.63) is 47.8 Å². The van der Waals surface area contributed by atoms with Crippen LogP contribution < -0.4 is 10.5 Å². The number of likely N-dealkylation sites (N-methyl/N-ethyl adjacent to an activating group) is 1. The van der Waals surface area contributed by atoms with Crippen molar-refractivity contribution < 1.29 is 19.4 Å². The van der Waals surface area contributed by atoms with Crippen LogP contribution in [0.2, 0.25) is 0 Å². The molecule has 0 bridgehead atoms. The van der Waals surface area contributed by atoms with Crippen molar-refractivity contribution in [1.82, 2.24) is 19.7 Å². The minimum absolute atomic E-state index is 0.0860.